The van der Waals surface area contributed by atoms with Crippen LogP contribution in [-0.2, 0) is 0 Å². The second-order valence-corrected chi connectivity index (χ2v) is 7.19. The van der Waals surface area contributed by atoms with Gasteiger partial charge >= 0.3 is 0 Å². The number of nitrogens with one attached hydrogen (secondary N) is 1. The maximum absolute atomic E-state index is 4.85. The molecule has 0 radical (unpaired) electrons. The molecule has 17 heavy (non-hydrogen) atoms. The third-order valence-electron chi connectivity index (χ3n) is 5.10. The molecule has 1 N–H and O–H groups in total. The van der Waals surface area contributed by atoms with E-state index >= 15 is 0 Å². The molecule has 0 aromatic carbocycles. The molecule has 96 valence electrons. The lowest BCUT2D eigenvalue weighted by Crippen LogP contribution is -2.53. The van der Waals surface area contributed by atoms with Gasteiger partial charge in [0.1, 0.15) is 0 Å². The summed E-state index contributed by atoms with van der Waals surface area (Å²) in [5.41, 5.74) is 0.987. The second-order valence-electron chi connectivity index (χ2n) is 6.23. The van der Waals surface area contributed by atoms with E-state index < -0.39 is 0 Å². The SMILES string of the molecule is CCC1(NC2=NCC3(CCCC3)CS2)CCC1. The van der Waals surface area contributed by atoms with Crippen LogP contribution in [0.3, 0.4) is 0 Å². The monoisotopic (exact) mass is 252 g/mol. The molecule has 1 heterocycles. The molecule has 3 rings (SSSR count). The number of nitrogens with zero attached hydrogens (tertiary/aromatic N) is 1. The number of amidine groups is 1. The van der Waals surface area contributed by atoms with Gasteiger partial charge in [0.15, 0.2) is 5.17 Å². The van der Waals surface area contributed by atoms with Crippen LogP contribution < -0.4 is 5.32 Å². The van der Waals surface area contributed by atoms with Gasteiger partial charge in [-0.1, -0.05) is 31.5 Å². The third-order valence-corrected chi connectivity index (χ3v) is 6.36. The van der Waals surface area contributed by atoms with Crippen molar-refractivity contribution < 1.29 is 0 Å². The highest BCUT2D eigenvalue weighted by Gasteiger charge is 2.40. The smallest absolute Gasteiger partial charge is 0.157 e. The molecule has 0 bridgehead atoms. The Hall–Kier alpha value is -0.180. The van der Waals surface area contributed by atoms with E-state index in [0.717, 1.165) is 6.54 Å². The summed E-state index contributed by atoms with van der Waals surface area (Å²) in [7, 11) is 0. The number of thioether (sulfide) groups is 1. The molecule has 2 aliphatic carbocycles. The van der Waals surface area contributed by atoms with Crippen LogP contribution in [0.15, 0.2) is 4.99 Å². The highest BCUT2D eigenvalue weighted by atomic mass is 32.2. The average molecular weight is 252 g/mol. The molecule has 1 spiro atoms. The van der Waals surface area contributed by atoms with Crippen LogP contribution >= 0.6 is 11.8 Å². The molecule has 2 nitrogen and oxygen atoms in total. The molecule has 2 fully saturated rings. The summed E-state index contributed by atoms with van der Waals surface area (Å²) < 4.78 is 0. The van der Waals surface area contributed by atoms with Gasteiger partial charge in [-0.3, -0.25) is 4.99 Å². The minimum absolute atomic E-state index is 0.409. The Morgan fingerprint density at radius 2 is 1.94 bits per heavy atom. The fraction of sp³-hybridized carbons (Fsp3) is 0.929. The van der Waals surface area contributed by atoms with E-state index in [1.165, 1.54) is 62.3 Å². The summed E-state index contributed by atoms with van der Waals surface area (Å²) in [6.45, 7) is 3.39. The first kappa shape index (κ1) is 11.9. The van der Waals surface area contributed by atoms with E-state index in [4.69, 9.17) is 4.99 Å². The largest absolute Gasteiger partial charge is 0.360 e. The van der Waals surface area contributed by atoms with Crippen molar-refractivity contribution in [2.75, 3.05) is 12.3 Å². The number of hydrogen-bond acceptors (Lipinski definition) is 3. The predicted molar refractivity (Wildman–Crippen MR) is 75.7 cm³/mol. The van der Waals surface area contributed by atoms with Crippen LogP contribution in [0.4, 0.5) is 0 Å². The number of rotatable bonds is 2. The summed E-state index contributed by atoms with van der Waals surface area (Å²) in [5, 5.41) is 4.98. The maximum atomic E-state index is 4.85. The van der Waals surface area contributed by atoms with Crippen molar-refractivity contribution in [3.63, 3.8) is 0 Å². The Balaban J connectivity index is 1.61. The Morgan fingerprint density at radius 1 is 1.18 bits per heavy atom. The van der Waals surface area contributed by atoms with E-state index in [1.807, 2.05) is 11.8 Å². The average Bonchev–Trinajstić information content (AvgIpc) is 2.75. The van der Waals surface area contributed by atoms with Gasteiger partial charge in [-0.25, -0.2) is 0 Å². The van der Waals surface area contributed by atoms with Crippen LogP contribution in [0.25, 0.3) is 0 Å². The van der Waals surface area contributed by atoms with Gasteiger partial charge in [0.05, 0.1) is 0 Å². The molecule has 2 saturated carbocycles. The Labute approximate surface area is 109 Å². The van der Waals surface area contributed by atoms with E-state index in [0.29, 0.717) is 11.0 Å². The highest BCUT2D eigenvalue weighted by molar-refractivity contribution is 8.13. The topological polar surface area (TPSA) is 24.4 Å². The summed E-state index contributed by atoms with van der Waals surface area (Å²) in [5.74, 6) is 1.30. The lowest BCUT2D eigenvalue weighted by atomic mass is 9.75. The number of aliphatic imine (C=N–C) groups is 1. The Kier molecular flexibility index (Phi) is 3.14. The van der Waals surface area contributed by atoms with Gasteiger partial charge in [0, 0.05) is 17.8 Å². The van der Waals surface area contributed by atoms with Gasteiger partial charge in [-0.2, -0.15) is 0 Å². The fourth-order valence-electron chi connectivity index (χ4n) is 3.45. The first-order chi connectivity index (χ1) is 8.26. The van der Waals surface area contributed by atoms with E-state index in [2.05, 4.69) is 12.2 Å². The first-order valence-corrected chi connectivity index (χ1v) is 8.20. The molecule has 0 aromatic heterocycles. The van der Waals surface area contributed by atoms with Crippen LogP contribution in [0.2, 0.25) is 0 Å². The molecule has 0 amide bonds. The lowest BCUT2D eigenvalue weighted by molar-refractivity contribution is 0.210. The molecule has 3 heteroatoms. The molecular formula is C14H24N2S. The van der Waals surface area contributed by atoms with Crippen molar-refractivity contribution in [2.24, 2.45) is 10.4 Å². The van der Waals surface area contributed by atoms with Gasteiger partial charge < -0.3 is 5.32 Å². The quantitative estimate of drug-likeness (QED) is 0.812. The van der Waals surface area contributed by atoms with E-state index in [9.17, 15) is 0 Å². The number of hydrogen-bond donors (Lipinski definition) is 1. The van der Waals surface area contributed by atoms with Crippen molar-refractivity contribution >= 4 is 16.9 Å². The van der Waals surface area contributed by atoms with E-state index in [-0.39, 0.29) is 0 Å². The molecule has 0 atom stereocenters. The normalized spacial score (nSPS) is 29.8. The summed E-state index contributed by atoms with van der Waals surface area (Å²) in [4.78, 5) is 4.85. The zero-order chi connectivity index (χ0) is 11.8. The third kappa shape index (κ3) is 2.23. The predicted octanol–water partition coefficient (Wildman–Crippen LogP) is 3.57. The summed E-state index contributed by atoms with van der Waals surface area (Å²) >= 11 is 1.99. The van der Waals surface area contributed by atoms with Crippen molar-refractivity contribution in [2.45, 2.75) is 63.8 Å². The Morgan fingerprint density at radius 3 is 2.41 bits per heavy atom. The highest BCUT2D eigenvalue weighted by Crippen LogP contribution is 2.44. The van der Waals surface area contributed by atoms with Crippen molar-refractivity contribution in [1.29, 1.82) is 0 Å². The first-order valence-electron chi connectivity index (χ1n) is 7.21. The molecule has 0 saturated heterocycles. The van der Waals surface area contributed by atoms with Gasteiger partial charge in [0.2, 0.25) is 0 Å². The minimum atomic E-state index is 0.409. The van der Waals surface area contributed by atoms with Crippen molar-refractivity contribution in [3.05, 3.63) is 0 Å². The maximum Gasteiger partial charge on any atom is 0.157 e. The van der Waals surface area contributed by atoms with Crippen LogP contribution in [0, 0.1) is 5.41 Å². The van der Waals surface area contributed by atoms with Crippen LogP contribution in [-0.4, -0.2) is 23.0 Å². The van der Waals surface area contributed by atoms with E-state index in [1.54, 1.807) is 0 Å². The molecule has 3 aliphatic rings. The zero-order valence-corrected chi connectivity index (χ0v) is 11.7. The summed E-state index contributed by atoms with van der Waals surface area (Å²) in [6.07, 6.45) is 11.0. The minimum Gasteiger partial charge on any atom is -0.360 e. The van der Waals surface area contributed by atoms with Crippen LogP contribution in [0.5, 0.6) is 0 Å². The Bertz CT molecular complexity index is 309. The second kappa shape index (κ2) is 4.49. The van der Waals surface area contributed by atoms with Crippen LogP contribution in [0.1, 0.15) is 58.3 Å². The standard InChI is InChI=1S/C14H24N2S/c1-2-14(8-5-9-14)16-12-15-10-13(11-17-12)6-3-4-7-13/h2-11H2,1H3,(H,15,16). The van der Waals surface area contributed by atoms with Crippen molar-refractivity contribution in [1.82, 2.24) is 5.32 Å². The van der Waals surface area contributed by atoms with Gasteiger partial charge in [-0.15, -0.1) is 0 Å². The molecule has 0 aromatic rings. The van der Waals surface area contributed by atoms with Crippen molar-refractivity contribution in [3.8, 4) is 0 Å². The summed E-state index contributed by atoms with van der Waals surface area (Å²) in [6, 6.07) is 0. The zero-order valence-electron chi connectivity index (χ0n) is 10.9. The molecule has 0 unspecified atom stereocenters. The van der Waals surface area contributed by atoms with Gasteiger partial charge in [-0.05, 0) is 43.9 Å². The fourth-order valence-corrected chi connectivity index (χ4v) is 4.72. The van der Waals surface area contributed by atoms with Gasteiger partial charge in [0.25, 0.3) is 0 Å². The lowest BCUT2D eigenvalue weighted by Gasteiger charge is -2.44. The molecule has 1 aliphatic heterocycles. The molecular weight excluding hydrogens is 228 g/mol.